The first-order chi connectivity index (χ1) is 30.3. The van der Waals surface area contributed by atoms with Gasteiger partial charge in [-0.2, -0.15) is 0 Å². The van der Waals surface area contributed by atoms with Gasteiger partial charge in [-0.3, -0.25) is 9.97 Å². The van der Waals surface area contributed by atoms with Crippen LogP contribution in [0.4, 0.5) is 0 Å². The molecule has 6 heteroatoms. The normalized spacial score (nSPS) is 11.6. The van der Waals surface area contributed by atoms with Crippen LogP contribution in [0.3, 0.4) is 0 Å². The van der Waals surface area contributed by atoms with Crippen molar-refractivity contribution >= 4 is 54.4 Å². The van der Waals surface area contributed by atoms with E-state index in [1.54, 1.807) is 12.4 Å². The number of benzene rings is 9. The molecule has 3 heterocycles. The van der Waals surface area contributed by atoms with E-state index >= 15 is 0 Å². The summed E-state index contributed by atoms with van der Waals surface area (Å²) in [7, 11) is 0. The average Bonchev–Trinajstić information content (AvgIpc) is 3.67. The summed E-state index contributed by atoms with van der Waals surface area (Å²) in [5, 5.41) is 6.85. The predicted molar refractivity (Wildman–Crippen MR) is 249 cm³/mol. The lowest BCUT2D eigenvalue weighted by Crippen LogP contribution is -2.02. The van der Waals surface area contributed by atoms with Crippen LogP contribution < -0.4 is 0 Å². The van der Waals surface area contributed by atoms with E-state index in [1.807, 2.05) is 36.4 Å². The Kier molecular flexibility index (Phi) is 8.06. The summed E-state index contributed by atoms with van der Waals surface area (Å²) in [5.41, 5.74) is 12.2. The zero-order chi connectivity index (χ0) is 40.3. The van der Waals surface area contributed by atoms with Gasteiger partial charge in [0.25, 0.3) is 0 Å². The van der Waals surface area contributed by atoms with Crippen molar-refractivity contribution in [3.8, 4) is 62.1 Å². The summed E-state index contributed by atoms with van der Waals surface area (Å²) in [4.78, 5) is 25.2. The molecule has 284 valence electrons. The van der Waals surface area contributed by atoms with Gasteiger partial charge in [-0.15, -0.1) is 0 Å². The van der Waals surface area contributed by atoms with Crippen LogP contribution in [0, 0.1) is 0 Å². The molecule has 0 aliphatic rings. The molecule has 12 aromatic rings. The molecule has 0 amide bonds. The Balaban J connectivity index is 1.08. The summed E-state index contributed by atoms with van der Waals surface area (Å²) in [6.07, 6.45) is 3.57. The summed E-state index contributed by atoms with van der Waals surface area (Å²) in [5.74, 6) is 1.84. The second-order valence-electron chi connectivity index (χ2n) is 15.2. The lowest BCUT2D eigenvalue weighted by Gasteiger charge is -2.17. The summed E-state index contributed by atoms with van der Waals surface area (Å²) in [6, 6.07) is 67.9. The maximum absolute atomic E-state index is 5.23. The zero-order valence-corrected chi connectivity index (χ0v) is 32.8. The molecule has 9 aromatic carbocycles. The molecule has 6 nitrogen and oxygen atoms in total. The molecule has 3 aromatic heterocycles. The van der Waals surface area contributed by atoms with Gasteiger partial charge < -0.3 is 4.57 Å². The van der Waals surface area contributed by atoms with Crippen LogP contribution >= 0.6 is 0 Å². The molecular weight excluding hydrogens is 745 g/mol. The molecule has 0 saturated carbocycles. The smallest absolute Gasteiger partial charge is 0.164 e. The maximum Gasteiger partial charge on any atom is 0.164 e. The highest BCUT2D eigenvalue weighted by Gasteiger charge is 2.21. The van der Waals surface area contributed by atoms with Crippen molar-refractivity contribution in [1.29, 1.82) is 0 Å². The Labute approximate surface area is 351 Å². The molecular formula is C55H34N6. The third kappa shape index (κ3) is 5.76. The standard InChI is InChI=1S/C55H34N6/c1-3-15-35(16-4-1)36-27-29-38(30-28-36)54-58-53(37-17-5-2-6-18-37)59-55(60-54)44-24-10-8-19-39(44)41-21-11-13-25-48(41)61-49-26-14-12-22-42(49)46-33-45-40-20-7-9-23-43(40)51-52(57-32-31-56-51)47(45)34-50(46)61/h1-34H. The van der Waals surface area contributed by atoms with Crippen molar-refractivity contribution in [3.63, 3.8) is 0 Å². The molecule has 0 fully saturated rings. The minimum absolute atomic E-state index is 0.603. The van der Waals surface area contributed by atoms with Gasteiger partial charge in [0.05, 0.1) is 27.8 Å². The van der Waals surface area contributed by atoms with E-state index in [-0.39, 0.29) is 0 Å². The highest BCUT2D eigenvalue weighted by Crippen LogP contribution is 2.43. The van der Waals surface area contributed by atoms with Gasteiger partial charge in [0.1, 0.15) is 0 Å². The first-order valence-corrected chi connectivity index (χ1v) is 20.4. The lowest BCUT2D eigenvalue weighted by molar-refractivity contribution is 1.07. The van der Waals surface area contributed by atoms with E-state index < -0.39 is 0 Å². The van der Waals surface area contributed by atoms with E-state index in [4.69, 9.17) is 24.9 Å². The van der Waals surface area contributed by atoms with Gasteiger partial charge in [-0.05, 0) is 51.7 Å². The molecule has 12 rings (SSSR count). The van der Waals surface area contributed by atoms with Crippen LogP contribution in [-0.4, -0.2) is 29.5 Å². The maximum atomic E-state index is 5.23. The Morgan fingerprint density at radius 1 is 0.295 bits per heavy atom. The highest BCUT2D eigenvalue weighted by atomic mass is 15.0. The van der Waals surface area contributed by atoms with Crippen molar-refractivity contribution in [2.75, 3.05) is 0 Å². The molecule has 0 spiro atoms. The number of hydrogen-bond acceptors (Lipinski definition) is 5. The minimum atomic E-state index is 0.603. The molecule has 0 aliphatic carbocycles. The Bertz CT molecular complexity index is 3630. The number of para-hydroxylation sites is 2. The van der Waals surface area contributed by atoms with Gasteiger partial charge in [0.15, 0.2) is 17.5 Å². The second kappa shape index (κ2) is 14.2. The van der Waals surface area contributed by atoms with E-state index in [0.29, 0.717) is 17.5 Å². The highest BCUT2D eigenvalue weighted by molar-refractivity contribution is 6.27. The van der Waals surface area contributed by atoms with E-state index in [1.165, 1.54) is 10.8 Å². The number of hydrogen-bond donors (Lipinski definition) is 0. The van der Waals surface area contributed by atoms with Crippen molar-refractivity contribution in [1.82, 2.24) is 29.5 Å². The van der Waals surface area contributed by atoms with Crippen molar-refractivity contribution in [2.24, 2.45) is 0 Å². The van der Waals surface area contributed by atoms with Crippen LogP contribution in [0.5, 0.6) is 0 Å². The van der Waals surface area contributed by atoms with Gasteiger partial charge in [-0.25, -0.2) is 15.0 Å². The molecule has 0 N–H and O–H groups in total. The molecule has 61 heavy (non-hydrogen) atoms. The zero-order valence-electron chi connectivity index (χ0n) is 32.8. The third-order valence-electron chi connectivity index (χ3n) is 11.8. The molecule has 0 atom stereocenters. The predicted octanol–water partition coefficient (Wildman–Crippen LogP) is 13.6. The monoisotopic (exact) mass is 778 g/mol. The summed E-state index contributed by atoms with van der Waals surface area (Å²) >= 11 is 0. The van der Waals surface area contributed by atoms with Crippen molar-refractivity contribution in [3.05, 3.63) is 207 Å². The number of nitrogens with zero attached hydrogens (tertiary/aromatic N) is 6. The van der Waals surface area contributed by atoms with Crippen LogP contribution in [0.15, 0.2) is 207 Å². The van der Waals surface area contributed by atoms with Gasteiger partial charge in [0, 0.05) is 56.2 Å². The molecule has 0 aliphatic heterocycles. The van der Waals surface area contributed by atoms with Crippen LogP contribution in [0.1, 0.15) is 0 Å². The first-order valence-electron chi connectivity index (χ1n) is 20.4. The Morgan fingerprint density at radius 3 is 1.54 bits per heavy atom. The lowest BCUT2D eigenvalue weighted by atomic mass is 9.96. The minimum Gasteiger partial charge on any atom is -0.309 e. The molecule has 0 saturated heterocycles. The van der Waals surface area contributed by atoms with Crippen LogP contribution in [0.25, 0.3) is 116 Å². The first kappa shape index (κ1) is 34.7. The third-order valence-corrected chi connectivity index (χ3v) is 11.8. The van der Waals surface area contributed by atoms with Gasteiger partial charge >= 0.3 is 0 Å². The van der Waals surface area contributed by atoms with E-state index in [0.717, 1.165) is 88.2 Å². The molecule has 0 radical (unpaired) electrons. The number of aromatic nitrogens is 6. The van der Waals surface area contributed by atoms with Crippen LogP contribution in [0.2, 0.25) is 0 Å². The second-order valence-corrected chi connectivity index (χ2v) is 15.2. The van der Waals surface area contributed by atoms with Crippen molar-refractivity contribution < 1.29 is 0 Å². The summed E-state index contributed by atoms with van der Waals surface area (Å²) in [6.45, 7) is 0. The topological polar surface area (TPSA) is 69.4 Å². The quantitative estimate of drug-likeness (QED) is 0.157. The van der Waals surface area contributed by atoms with E-state index in [2.05, 4.69) is 162 Å². The number of rotatable bonds is 6. The molecule has 0 unspecified atom stereocenters. The fourth-order valence-electron chi connectivity index (χ4n) is 8.94. The SMILES string of the molecule is c1ccc(-c2ccc(-c3nc(-c4ccccc4)nc(-c4ccccc4-c4ccccc4-n4c5ccccc5c5cc6c7ccccc7c7nccnc7c6cc54)n3)cc2)cc1. The van der Waals surface area contributed by atoms with E-state index in [9.17, 15) is 0 Å². The Morgan fingerprint density at radius 2 is 0.803 bits per heavy atom. The van der Waals surface area contributed by atoms with Gasteiger partial charge in [-0.1, -0.05) is 170 Å². The fraction of sp³-hybridized carbons (Fsp3) is 0. The van der Waals surface area contributed by atoms with Crippen LogP contribution in [-0.2, 0) is 0 Å². The largest absolute Gasteiger partial charge is 0.309 e. The average molecular weight is 779 g/mol. The fourth-order valence-corrected chi connectivity index (χ4v) is 8.94. The molecule has 0 bridgehead atoms. The van der Waals surface area contributed by atoms with Crippen molar-refractivity contribution in [2.45, 2.75) is 0 Å². The number of fused-ring (bicyclic) bond motifs is 9. The Hall–Kier alpha value is -8.35. The summed E-state index contributed by atoms with van der Waals surface area (Å²) < 4.78 is 2.40. The van der Waals surface area contributed by atoms with Gasteiger partial charge in [0.2, 0.25) is 0 Å².